The summed E-state index contributed by atoms with van der Waals surface area (Å²) in [6.07, 6.45) is 1.49. The van der Waals surface area contributed by atoms with E-state index in [0.717, 1.165) is 17.7 Å². The smallest absolute Gasteiger partial charge is 0.227 e. The topological polar surface area (TPSA) is 66.6 Å². The Bertz CT molecular complexity index is 828. The van der Waals surface area contributed by atoms with Crippen LogP contribution in [0.2, 0.25) is 0 Å². The monoisotopic (exact) mass is 340 g/mol. The van der Waals surface area contributed by atoms with Crippen LogP contribution in [0.15, 0.2) is 47.0 Å². The molecule has 0 N–H and O–H groups in total. The van der Waals surface area contributed by atoms with Gasteiger partial charge in [-0.15, -0.1) is 0 Å². The number of benzene rings is 2. The minimum absolute atomic E-state index is 0.533. The molecule has 0 saturated carbocycles. The normalized spacial score (nSPS) is 10.5. The maximum Gasteiger partial charge on any atom is 0.227 e. The summed E-state index contributed by atoms with van der Waals surface area (Å²) >= 11 is 0. The fourth-order valence-electron chi connectivity index (χ4n) is 2.49. The van der Waals surface area contributed by atoms with E-state index >= 15 is 0 Å². The lowest BCUT2D eigenvalue weighted by Crippen LogP contribution is -1.93. The van der Waals surface area contributed by atoms with E-state index in [1.54, 1.807) is 21.3 Å². The first-order valence-electron chi connectivity index (χ1n) is 7.91. The van der Waals surface area contributed by atoms with Gasteiger partial charge in [-0.05, 0) is 42.3 Å². The summed E-state index contributed by atoms with van der Waals surface area (Å²) in [5.41, 5.74) is 2.00. The number of aromatic nitrogens is 2. The highest BCUT2D eigenvalue weighted by Gasteiger charge is 2.12. The minimum Gasteiger partial charge on any atom is -0.497 e. The molecule has 0 bridgehead atoms. The summed E-state index contributed by atoms with van der Waals surface area (Å²) in [6, 6.07) is 13.5. The van der Waals surface area contributed by atoms with Crippen molar-refractivity contribution in [2.45, 2.75) is 12.8 Å². The van der Waals surface area contributed by atoms with Gasteiger partial charge in [0.25, 0.3) is 0 Å². The minimum atomic E-state index is 0.533. The van der Waals surface area contributed by atoms with Crippen LogP contribution in [-0.4, -0.2) is 31.5 Å². The highest BCUT2D eigenvalue weighted by atomic mass is 16.5. The number of ether oxygens (including phenoxy) is 3. The van der Waals surface area contributed by atoms with E-state index in [1.165, 1.54) is 5.56 Å². The molecule has 0 saturated heterocycles. The lowest BCUT2D eigenvalue weighted by molar-refractivity contribution is 0.355. The van der Waals surface area contributed by atoms with Gasteiger partial charge < -0.3 is 18.7 Å². The quantitative estimate of drug-likeness (QED) is 0.655. The van der Waals surface area contributed by atoms with Gasteiger partial charge in [0.05, 0.1) is 21.3 Å². The molecule has 0 radical (unpaired) electrons. The molecule has 0 aliphatic rings. The van der Waals surface area contributed by atoms with E-state index in [0.29, 0.717) is 29.6 Å². The predicted octanol–water partition coefficient (Wildman–Crippen LogP) is 3.55. The molecule has 0 aliphatic carbocycles. The Kier molecular flexibility index (Phi) is 5.18. The molecular formula is C19H20N2O4. The van der Waals surface area contributed by atoms with Gasteiger partial charge in [-0.1, -0.05) is 17.3 Å². The molecule has 6 heteroatoms. The van der Waals surface area contributed by atoms with Crippen molar-refractivity contribution in [1.82, 2.24) is 10.1 Å². The van der Waals surface area contributed by atoms with Crippen molar-refractivity contribution in [3.8, 4) is 28.6 Å². The van der Waals surface area contributed by atoms with Gasteiger partial charge in [0.2, 0.25) is 11.7 Å². The first kappa shape index (κ1) is 16.8. The molecule has 130 valence electrons. The molecule has 1 aromatic heterocycles. The zero-order valence-electron chi connectivity index (χ0n) is 14.5. The molecule has 0 aliphatic heterocycles. The van der Waals surface area contributed by atoms with Crippen LogP contribution < -0.4 is 14.2 Å². The van der Waals surface area contributed by atoms with Gasteiger partial charge in [-0.3, -0.25) is 0 Å². The molecule has 0 fully saturated rings. The van der Waals surface area contributed by atoms with Gasteiger partial charge >= 0.3 is 0 Å². The molecule has 3 rings (SSSR count). The summed E-state index contributed by atoms with van der Waals surface area (Å²) in [6.45, 7) is 0. The first-order chi connectivity index (χ1) is 12.2. The van der Waals surface area contributed by atoms with Gasteiger partial charge in [0.15, 0.2) is 11.5 Å². The Morgan fingerprint density at radius 3 is 2.28 bits per heavy atom. The van der Waals surface area contributed by atoms with Crippen LogP contribution in [0.3, 0.4) is 0 Å². The van der Waals surface area contributed by atoms with Crippen LogP contribution >= 0.6 is 0 Å². The molecule has 6 nitrogen and oxygen atoms in total. The van der Waals surface area contributed by atoms with Crippen molar-refractivity contribution in [2.75, 3.05) is 21.3 Å². The third-order valence-corrected chi connectivity index (χ3v) is 3.90. The Morgan fingerprint density at radius 1 is 0.840 bits per heavy atom. The lowest BCUT2D eigenvalue weighted by atomic mass is 10.1. The third kappa shape index (κ3) is 3.91. The average molecular weight is 340 g/mol. The van der Waals surface area contributed by atoms with E-state index in [2.05, 4.69) is 10.1 Å². The molecular weight excluding hydrogens is 320 g/mol. The highest BCUT2D eigenvalue weighted by molar-refractivity contribution is 5.60. The van der Waals surface area contributed by atoms with Gasteiger partial charge in [-0.2, -0.15) is 4.98 Å². The SMILES string of the molecule is COc1ccc(CCc2nc(-c3ccc(OC)c(OC)c3)no2)cc1. The number of rotatable bonds is 7. The van der Waals surface area contributed by atoms with Crippen LogP contribution in [0, 0.1) is 0 Å². The van der Waals surface area contributed by atoms with Crippen molar-refractivity contribution in [2.24, 2.45) is 0 Å². The van der Waals surface area contributed by atoms with Crippen molar-refractivity contribution in [3.05, 3.63) is 53.9 Å². The second kappa shape index (κ2) is 7.70. The van der Waals surface area contributed by atoms with E-state index < -0.39 is 0 Å². The van der Waals surface area contributed by atoms with Crippen molar-refractivity contribution in [3.63, 3.8) is 0 Å². The van der Waals surface area contributed by atoms with E-state index in [1.807, 2.05) is 42.5 Å². The summed E-state index contributed by atoms with van der Waals surface area (Å²) < 4.78 is 21.1. The van der Waals surface area contributed by atoms with Crippen molar-refractivity contribution >= 4 is 0 Å². The van der Waals surface area contributed by atoms with Gasteiger partial charge in [0, 0.05) is 12.0 Å². The zero-order chi connectivity index (χ0) is 17.6. The second-order valence-corrected chi connectivity index (χ2v) is 5.43. The van der Waals surface area contributed by atoms with Gasteiger partial charge in [0.1, 0.15) is 5.75 Å². The van der Waals surface area contributed by atoms with Crippen LogP contribution in [0.5, 0.6) is 17.2 Å². The Hall–Kier alpha value is -3.02. The molecule has 0 amide bonds. The Morgan fingerprint density at radius 2 is 1.60 bits per heavy atom. The fourth-order valence-corrected chi connectivity index (χ4v) is 2.49. The maximum absolute atomic E-state index is 5.36. The highest BCUT2D eigenvalue weighted by Crippen LogP contribution is 2.31. The Balaban J connectivity index is 1.69. The first-order valence-corrected chi connectivity index (χ1v) is 7.91. The summed E-state index contributed by atoms with van der Waals surface area (Å²) in [4.78, 5) is 4.46. The molecule has 0 unspecified atom stereocenters. The molecule has 2 aromatic carbocycles. The van der Waals surface area contributed by atoms with Crippen LogP contribution in [0.25, 0.3) is 11.4 Å². The number of hydrogen-bond acceptors (Lipinski definition) is 6. The third-order valence-electron chi connectivity index (χ3n) is 3.90. The maximum atomic E-state index is 5.36. The van der Waals surface area contributed by atoms with Crippen LogP contribution in [0.1, 0.15) is 11.5 Å². The van der Waals surface area contributed by atoms with Crippen molar-refractivity contribution in [1.29, 1.82) is 0 Å². The van der Waals surface area contributed by atoms with E-state index in [4.69, 9.17) is 18.7 Å². The largest absolute Gasteiger partial charge is 0.497 e. The predicted molar refractivity (Wildman–Crippen MR) is 93.2 cm³/mol. The molecule has 25 heavy (non-hydrogen) atoms. The van der Waals surface area contributed by atoms with E-state index in [-0.39, 0.29) is 0 Å². The molecule has 3 aromatic rings. The Labute approximate surface area is 146 Å². The zero-order valence-corrected chi connectivity index (χ0v) is 14.5. The number of methoxy groups -OCH3 is 3. The lowest BCUT2D eigenvalue weighted by Gasteiger charge is -2.07. The standard InChI is InChI=1S/C19H20N2O4/c1-22-15-8-4-13(5-9-15)6-11-18-20-19(21-25-18)14-7-10-16(23-2)17(12-14)24-3/h4-5,7-10,12H,6,11H2,1-3H3. The second-order valence-electron chi connectivity index (χ2n) is 5.43. The average Bonchev–Trinajstić information content (AvgIpc) is 3.15. The number of aryl methyl sites for hydroxylation is 2. The van der Waals surface area contributed by atoms with Crippen LogP contribution in [-0.2, 0) is 12.8 Å². The number of hydrogen-bond donors (Lipinski definition) is 0. The summed E-state index contributed by atoms with van der Waals surface area (Å²) in [7, 11) is 4.85. The van der Waals surface area contributed by atoms with Gasteiger partial charge in [-0.25, -0.2) is 0 Å². The molecule has 0 spiro atoms. The summed E-state index contributed by atoms with van der Waals surface area (Å²) in [5.74, 6) is 3.27. The number of nitrogens with zero attached hydrogens (tertiary/aromatic N) is 2. The fraction of sp³-hybridized carbons (Fsp3) is 0.263. The van der Waals surface area contributed by atoms with Crippen LogP contribution in [0.4, 0.5) is 0 Å². The molecule has 0 atom stereocenters. The molecule has 1 heterocycles. The summed E-state index contributed by atoms with van der Waals surface area (Å²) in [5, 5.41) is 4.05. The van der Waals surface area contributed by atoms with Crippen molar-refractivity contribution < 1.29 is 18.7 Å². The van der Waals surface area contributed by atoms with E-state index in [9.17, 15) is 0 Å².